The summed E-state index contributed by atoms with van der Waals surface area (Å²) < 4.78 is 0. The number of aromatic nitrogens is 13. The first-order valence-electron chi connectivity index (χ1n) is 41.2. The molecule has 0 N–H and O–H groups in total. The third-order valence-electron chi connectivity index (χ3n) is 12.6. The highest BCUT2D eigenvalue weighted by molar-refractivity contribution is 5.16. The molecule has 13 nitrogen and oxygen atoms in total. The largest absolute Gasteiger partial charge is 0.265 e. The maximum Gasteiger partial charge on any atom is 0.128 e. The Labute approximate surface area is 692 Å². The predicted octanol–water partition coefficient (Wildman–Crippen LogP) is 28.4. The monoisotopic (exact) mass is 1540 g/mol. The van der Waals surface area contributed by atoms with Crippen LogP contribution in [0.25, 0.3) is 0 Å². The van der Waals surface area contributed by atoms with Crippen LogP contribution in [0.4, 0.5) is 0 Å². The van der Waals surface area contributed by atoms with Gasteiger partial charge in [0.05, 0.1) is 11.4 Å². The molecule has 0 aliphatic carbocycles. The van der Waals surface area contributed by atoms with E-state index in [1.807, 2.05) is 175 Å². The summed E-state index contributed by atoms with van der Waals surface area (Å²) in [7, 11) is 0. The van der Waals surface area contributed by atoms with Crippen LogP contribution in [-0.4, -0.2) is 65.0 Å². The van der Waals surface area contributed by atoms with Crippen LogP contribution in [0.5, 0.6) is 0 Å². The van der Waals surface area contributed by atoms with E-state index >= 15 is 0 Å². The fourth-order valence-corrected chi connectivity index (χ4v) is 9.31. The summed E-state index contributed by atoms with van der Waals surface area (Å²) in [5, 5.41) is 7.83. The summed E-state index contributed by atoms with van der Waals surface area (Å²) in [6, 6.07) is 32.7. The van der Waals surface area contributed by atoms with Crippen molar-refractivity contribution in [3.05, 3.63) is 247 Å². The van der Waals surface area contributed by atoms with Gasteiger partial charge in [0.15, 0.2) is 0 Å². The van der Waals surface area contributed by atoms with Gasteiger partial charge in [0, 0.05) is 105 Å². The van der Waals surface area contributed by atoms with E-state index in [9.17, 15) is 0 Å². The minimum absolute atomic E-state index is 0. The molecule has 9 rings (SSSR count). The molecule has 8 aromatic heterocycles. The Morgan fingerprint density at radius 2 is 0.554 bits per heavy atom. The summed E-state index contributed by atoms with van der Waals surface area (Å²) in [5.41, 5.74) is 12.8. The highest BCUT2D eigenvalue weighted by atomic mass is 15.1. The number of benzene rings is 1. The molecule has 632 valence electrons. The Bertz CT molecular complexity index is 2620. The van der Waals surface area contributed by atoms with Crippen LogP contribution >= 0.6 is 0 Å². The molecule has 0 fully saturated rings. The minimum atomic E-state index is 0. The van der Waals surface area contributed by atoms with Crippen molar-refractivity contribution in [3.63, 3.8) is 0 Å². The van der Waals surface area contributed by atoms with Crippen molar-refractivity contribution in [2.45, 2.75) is 335 Å². The lowest BCUT2D eigenvalue weighted by molar-refractivity contribution is 0.400. The van der Waals surface area contributed by atoms with Crippen molar-refractivity contribution in [2.75, 3.05) is 0 Å². The molecular weight excluding hydrogens is 1370 g/mol. The number of rotatable bonds is 9. The van der Waals surface area contributed by atoms with Gasteiger partial charge in [-0.05, 0) is 177 Å². The molecule has 13 heteroatoms. The van der Waals surface area contributed by atoms with Crippen molar-refractivity contribution >= 4 is 0 Å². The molecule has 112 heavy (non-hydrogen) atoms. The van der Waals surface area contributed by atoms with Gasteiger partial charge in [0.25, 0.3) is 0 Å². The van der Waals surface area contributed by atoms with Crippen LogP contribution < -0.4 is 0 Å². The summed E-state index contributed by atoms with van der Waals surface area (Å²) in [5.74, 6) is 0.931. The Morgan fingerprint density at radius 1 is 0.205 bits per heavy atom. The molecule has 0 bridgehead atoms. The molecule has 0 atom stereocenters. The summed E-state index contributed by atoms with van der Waals surface area (Å²) in [6.07, 6.45) is 37.9. The molecular formula is C99H171N13. The molecule has 0 aliphatic rings. The molecule has 0 radical (unpaired) electrons. The molecule has 9 aromatic rings. The predicted molar refractivity (Wildman–Crippen MR) is 493 cm³/mol. The van der Waals surface area contributed by atoms with E-state index < -0.39 is 0 Å². The zero-order valence-corrected chi connectivity index (χ0v) is 78.7. The van der Waals surface area contributed by atoms with Crippen LogP contribution in [0.15, 0.2) is 196 Å². The lowest BCUT2D eigenvalue weighted by atomic mass is 9.88. The lowest BCUT2D eigenvalue weighted by Gasteiger charge is -2.17. The highest BCUT2D eigenvalue weighted by Crippen LogP contribution is 2.25. The van der Waals surface area contributed by atoms with Gasteiger partial charge < -0.3 is 0 Å². The Hall–Kier alpha value is -7.93. The minimum Gasteiger partial charge on any atom is -0.265 e. The van der Waals surface area contributed by atoms with E-state index in [1.165, 1.54) is 27.9 Å². The molecule has 0 amide bonds. The Balaban J connectivity index is -0.000000217. The average molecular weight is 1540 g/mol. The van der Waals surface area contributed by atoms with E-state index in [1.54, 1.807) is 49.8 Å². The maximum absolute atomic E-state index is 4.26. The van der Waals surface area contributed by atoms with Crippen LogP contribution in [0.2, 0.25) is 0 Å². The first kappa shape index (κ1) is 117. The van der Waals surface area contributed by atoms with Crippen molar-refractivity contribution in [1.82, 2.24) is 65.0 Å². The van der Waals surface area contributed by atoms with E-state index in [-0.39, 0.29) is 12.8 Å². The molecule has 0 saturated heterocycles. The zero-order valence-electron chi connectivity index (χ0n) is 78.7. The molecule has 0 saturated carbocycles. The normalized spacial score (nSPS) is 10.5. The van der Waals surface area contributed by atoms with E-state index in [2.05, 4.69) is 307 Å². The van der Waals surface area contributed by atoms with Gasteiger partial charge in [-0.25, -0.2) is 29.9 Å². The molecule has 0 spiro atoms. The van der Waals surface area contributed by atoms with Crippen molar-refractivity contribution in [3.8, 4) is 0 Å². The van der Waals surface area contributed by atoms with Crippen molar-refractivity contribution in [1.29, 1.82) is 0 Å². The topological polar surface area (TPSA) is 168 Å². The number of nitrogens with zero attached hydrogens (tertiary/aromatic N) is 13. The lowest BCUT2D eigenvalue weighted by Crippen LogP contribution is -2.11. The van der Waals surface area contributed by atoms with Crippen LogP contribution in [0.3, 0.4) is 0 Å². The average Bonchev–Trinajstić information content (AvgIpc) is 0.982. The fourth-order valence-electron chi connectivity index (χ4n) is 9.31. The molecule has 1 aromatic carbocycles. The second kappa shape index (κ2) is 66.5. The van der Waals surface area contributed by atoms with Crippen LogP contribution in [0.1, 0.15) is 328 Å². The summed E-state index contributed by atoms with van der Waals surface area (Å²) in [4.78, 5) is 44.8. The van der Waals surface area contributed by atoms with Gasteiger partial charge in [-0.3, -0.25) is 24.9 Å². The van der Waals surface area contributed by atoms with Gasteiger partial charge in [-0.15, -0.1) is 0 Å². The first-order chi connectivity index (χ1) is 51.7. The third kappa shape index (κ3) is 87.6. The van der Waals surface area contributed by atoms with Crippen molar-refractivity contribution in [2.24, 2.45) is 48.7 Å². The second-order valence-corrected chi connectivity index (χ2v) is 36.2. The van der Waals surface area contributed by atoms with Gasteiger partial charge in [-0.1, -0.05) is 320 Å². The first-order valence-corrected chi connectivity index (χ1v) is 41.2. The molecule has 0 unspecified atom stereocenters. The van der Waals surface area contributed by atoms with E-state index in [0.29, 0.717) is 43.3 Å². The van der Waals surface area contributed by atoms with Gasteiger partial charge in [0.1, 0.15) is 18.5 Å². The Morgan fingerprint density at radius 3 is 0.938 bits per heavy atom. The third-order valence-corrected chi connectivity index (χ3v) is 12.6. The van der Waals surface area contributed by atoms with Crippen molar-refractivity contribution < 1.29 is 0 Å². The van der Waals surface area contributed by atoms with Gasteiger partial charge >= 0.3 is 0 Å². The summed E-state index contributed by atoms with van der Waals surface area (Å²) >= 11 is 0. The molecule has 0 aliphatic heterocycles. The van der Waals surface area contributed by atoms with Gasteiger partial charge in [0.2, 0.25) is 0 Å². The van der Waals surface area contributed by atoms with Gasteiger partial charge in [-0.2, -0.15) is 10.2 Å². The second-order valence-electron chi connectivity index (χ2n) is 36.2. The van der Waals surface area contributed by atoms with Crippen LogP contribution in [-0.2, 0) is 57.8 Å². The SMILES string of the molecule is C.CC.CC.CC.CC.CC.CC.CC(C)(C)Cc1ccccc1.CC(C)(C)Cc1ccccn1.CC(C)(C)Cc1cccnc1.CC(C)(C)Cc1cccnn1.CC(C)(C)Cc1ccncc1.CC(C)(C)Cc1ccncn1.CC(C)(C)Cc1cnccn1.CC(C)(C)Cc1cncnc1.CC(C)(C)Cc1ncccn1. The zero-order chi connectivity index (χ0) is 86.9. The Kier molecular flexibility index (Phi) is 69.7. The molecule has 8 heterocycles. The number of hydrogen-bond acceptors (Lipinski definition) is 13. The fraction of sp³-hybridized carbons (Fsp3) is 0.586. The smallest absolute Gasteiger partial charge is 0.128 e. The summed E-state index contributed by atoms with van der Waals surface area (Å²) in [6.45, 7) is 83.9. The maximum atomic E-state index is 4.26. The standard InChI is InChI=1S/C11H16.3C10H15N.5C9H14N2.6C2H6.CH4/c1-11(2,3)9-10-7-5-4-6-8-10;1-10(2,3)8-9-4-6-11-7-5-9;1-10(2,3)7-9-5-4-6-11-8-9;1-10(2,3)8-9-6-4-5-7-11-9;1-9(2,3)4-8-5-10-7-11-6-8;1-9(2,3)6-8-7-10-4-5-11-8;1-9(2,3)6-8-4-5-10-7-11-8;1-9(2,3)7-8-10-5-4-6-11-8;1-9(2,3)7-8-5-4-6-10-11-8;6*1-2;/h4-8H,9H2,1-3H3;4-7H,8H2,1-3H3;4-6,8H,7H2,1-3H3;4-7H,8H2,1-3H3;5-7H,4H2,1-3H3;2*4-5,7H,6H2,1-3H3;2*4-6H,7H2,1-3H3;6*1-2H3;1H4. The number of pyridine rings is 3. The highest BCUT2D eigenvalue weighted by Gasteiger charge is 2.17. The quantitative estimate of drug-likeness (QED) is 0.134. The van der Waals surface area contributed by atoms with E-state index in [0.717, 1.165) is 80.7 Å². The van der Waals surface area contributed by atoms with Crippen LogP contribution in [0, 0.1) is 48.7 Å². The number of hydrogen-bond donors (Lipinski definition) is 0. The van der Waals surface area contributed by atoms with E-state index in [4.69, 9.17) is 0 Å².